The van der Waals surface area contributed by atoms with E-state index in [1.54, 1.807) is 12.3 Å². The van der Waals surface area contributed by atoms with Gasteiger partial charge in [0.1, 0.15) is 5.52 Å². The van der Waals surface area contributed by atoms with Crippen molar-refractivity contribution in [1.82, 2.24) is 9.97 Å². The minimum Gasteiger partial charge on any atom is -0.422 e. The molecule has 3 rings (SSSR count). The Hall–Kier alpha value is -1.13. The van der Waals surface area contributed by atoms with Crippen LogP contribution in [-0.4, -0.2) is 16.0 Å². The molecule has 0 unspecified atom stereocenters. The third-order valence-corrected chi connectivity index (χ3v) is 3.56. The molecule has 0 spiro atoms. The van der Waals surface area contributed by atoms with E-state index in [2.05, 4.69) is 9.97 Å². The third-order valence-electron chi connectivity index (χ3n) is 3.35. The lowest BCUT2D eigenvalue weighted by molar-refractivity contribution is 0.345. The highest BCUT2D eigenvalue weighted by molar-refractivity contribution is 6.30. The summed E-state index contributed by atoms with van der Waals surface area (Å²) in [7, 11) is 0. The smallest absolute Gasteiger partial charge is 0.247 e. The molecule has 2 heterocycles. The van der Waals surface area contributed by atoms with Crippen molar-refractivity contribution < 1.29 is 4.42 Å². The summed E-state index contributed by atoms with van der Waals surface area (Å²) in [5, 5.41) is 0.586. The summed E-state index contributed by atoms with van der Waals surface area (Å²) in [5.41, 5.74) is 7.20. The highest BCUT2D eigenvalue weighted by Crippen LogP contribution is 2.33. The molecule has 1 aliphatic rings. The summed E-state index contributed by atoms with van der Waals surface area (Å²) < 4.78 is 5.68. The summed E-state index contributed by atoms with van der Waals surface area (Å²) in [4.78, 5) is 8.59. The number of pyridine rings is 1. The summed E-state index contributed by atoms with van der Waals surface area (Å²) in [6.07, 6.45) is 5.74. The van der Waals surface area contributed by atoms with Gasteiger partial charge < -0.3 is 10.2 Å². The first-order valence-electron chi connectivity index (χ1n) is 5.90. The van der Waals surface area contributed by atoms with Crippen LogP contribution in [0.5, 0.6) is 0 Å². The zero-order valence-corrected chi connectivity index (χ0v) is 10.2. The fourth-order valence-corrected chi connectivity index (χ4v) is 2.51. The van der Waals surface area contributed by atoms with Crippen LogP contribution >= 0.6 is 11.6 Å². The van der Waals surface area contributed by atoms with Crippen LogP contribution in [0.25, 0.3) is 11.2 Å². The van der Waals surface area contributed by atoms with Crippen LogP contribution in [0.3, 0.4) is 0 Å². The highest BCUT2D eigenvalue weighted by atomic mass is 35.5. The molecule has 0 aliphatic heterocycles. The Bertz CT molecular complexity index is 532. The first-order chi connectivity index (χ1) is 8.22. The van der Waals surface area contributed by atoms with Crippen molar-refractivity contribution in [3.63, 3.8) is 0 Å². The lowest BCUT2D eigenvalue weighted by Gasteiger charge is -2.23. The molecule has 1 saturated carbocycles. The molecule has 4 nitrogen and oxygen atoms in total. The third kappa shape index (κ3) is 2.15. The van der Waals surface area contributed by atoms with Gasteiger partial charge in [-0.2, -0.15) is 0 Å². The van der Waals surface area contributed by atoms with E-state index in [4.69, 9.17) is 21.8 Å². The van der Waals surface area contributed by atoms with Gasteiger partial charge in [0.2, 0.25) is 11.6 Å². The van der Waals surface area contributed by atoms with Crippen LogP contribution in [0.2, 0.25) is 5.02 Å². The Balaban J connectivity index is 1.90. The maximum atomic E-state index is 5.89. The fourth-order valence-electron chi connectivity index (χ4n) is 2.36. The zero-order valence-electron chi connectivity index (χ0n) is 9.40. The van der Waals surface area contributed by atoms with Gasteiger partial charge in [0, 0.05) is 18.2 Å². The van der Waals surface area contributed by atoms with Crippen molar-refractivity contribution in [2.75, 3.05) is 0 Å². The van der Waals surface area contributed by atoms with Crippen LogP contribution in [0.15, 0.2) is 16.7 Å². The number of aromatic nitrogens is 2. The molecule has 0 aromatic carbocycles. The molecule has 2 aromatic heterocycles. The van der Waals surface area contributed by atoms with Crippen LogP contribution in [-0.2, 0) is 0 Å². The second-order valence-electron chi connectivity index (χ2n) is 4.64. The molecule has 0 atom stereocenters. The Morgan fingerprint density at radius 2 is 2.06 bits per heavy atom. The Labute approximate surface area is 104 Å². The molecule has 17 heavy (non-hydrogen) atoms. The lowest BCUT2D eigenvalue weighted by atomic mass is 9.86. The Morgan fingerprint density at radius 3 is 2.82 bits per heavy atom. The molecular weight excluding hydrogens is 238 g/mol. The van der Waals surface area contributed by atoms with Gasteiger partial charge in [-0.25, -0.2) is 9.97 Å². The van der Waals surface area contributed by atoms with E-state index < -0.39 is 0 Å². The highest BCUT2D eigenvalue weighted by Gasteiger charge is 2.24. The monoisotopic (exact) mass is 251 g/mol. The van der Waals surface area contributed by atoms with Gasteiger partial charge in [0.05, 0.1) is 5.02 Å². The lowest BCUT2D eigenvalue weighted by Crippen LogP contribution is -2.25. The number of oxazole rings is 1. The van der Waals surface area contributed by atoms with E-state index in [0.717, 1.165) is 37.1 Å². The number of halogens is 1. The van der Waals surface area contributed by atoms with Crippen molar-refractivity contribution in [2.24, 2.45) is 5.73 Å². The molecule has 0 amide bonds. The van der Waals surface area contributed by atoms with Gasteiger partial charge in [-0.1, -0.05) is 11.6 Å². The summed E-state index contributed by atoms with van der Waals surface area (Å²) in [6, 6.07) is 2.12. The second kappa shape index (κ2) is 4.27. The predicted molar refractivity (Wildman–Crippen MR) is 66.0 cm³/mol. The van der Waals surface area contributed by atoms with Crippen molar-refractivity contribution in [2.45, 2.75) is 37.6 Å². The van der Waals surface area contributed by atoms with E-state index in [1.165, 1.54) is 0 Å². The Kier molecular flexibility index (Phi) is 2.76. The molecule has 0 saturated heterocycles. The number of hydrogen-bond donors (Lipinski definition) is 1. The van der Waals surface area contributed by atoms with Gasteiger partial charge in [-0.3, -0.25) is 0 Å². The average Bonchev–Trinajstić information content (AvgIpc) is 2.72. The molecule has 0 radical (unpaired) electrons. The van der Waals surface area contributed by atoms with Crippen molar-refractivity contribution in [1.29, 1.82) is 0 Å². The Morgan fingerprint density at radius 1 is 1.29 bits per heavy atom. The number of rotatable bonds is 1. The zero-order chi connectivity index (χ0) is 11.8. The summed E-state index contributed by atoms with van der Waals surface area (Å²) in [6.45, 7) is 0. The van der Waals surface area contributed by atoms with E-state index in [0.29, 0.717) is 22.7 Å². The van der Waals surface area contributed by atoms with E-state index >= 15 is 0 Å². The maximum Gasteiger partial charge on any atom is 0.247 e. The normalized spacial score (nSPS) is 25.3. The SMILES string of the molecule is NC1CCC(c2nc3cc(Cl)cnc3o2)CC1. The number of nitrogens with zero attached hydrogens (tertiary/aromatic N) is 2. The number of nitrogens with two attached hydrogens (primary N) is 1. The molecule has 1 aliphatic carbocycles. The van der Waals surface area contributed by atoms with E-state index in [1.807, 2.05) is 0 Å². The van der Waals surface area contributed by atoms with E-state index in [9.17, 15) is 0 Å². The topological polar surface area (TPSA) is 64.9 Å². The van der Waals surface area contributed by atoms with Crippen molar-refractivity contribution in [3.8, 4) is 0 Å². The first-order valence-corrected chi connectivity index (χ1v) is 6.28. The molecule has 90 valence electrons. The number of fused-ring (bicyclic) bond motifs is 1. The van der Waals surface area contributed by atoms with Gasteiger partial charge in [-0.05, 0) is 31.7 Å². The van der Waals surface area contributed by atoms with Gasteiger partial charge in [-0.15, -0.1) is 0 Å². The molecule has 0 bridgehead atoms. The van der Waals surface area contributed by atoms with Crippen LogP contribution in [0, 0.1) is 0 Å². The van der Waals surface area contributed by atoms with Gasteiger partial charge in [0.15, 0.2) is 0 Å². The molecular formula is C12H14ClN3O. The fraction of sp³-hybridized carbons (Fsp3) is 0.500. The van der Waals surface area contributed by atoms with Gasteiger partial charge >= 0.3 is 0 Å². The van der Waals surface area contributed by atoms with Crippen molar-refractivity contribution >= 4 is 22.8 Å². The van der Waals surface area contributed by atoms with Crippen LogP contribution < -0.4 is 5.73 Å². The molecule has 2 N–H and O–H groups in total. The maximum absolute atomic E-state index is 5.89. The average molecular weight is 252 g/mol. The summed E-state index contributed by atoms with van der Waals surface area (Å²) in [5.74, 6) is 1.16. The van der Waals surface area contributed by atoms with Gasteiger partial charge in [0.25, 0.3) is 0 Å². The summed E-state index contributed by atoms with van der Waals surface area (Å²) >= 11 is 5.87. The molecule has 1 fully saturated rings. The standard InChI is InChI=1S/C12H14ClN3O/c13-8-5-10-12(15-6-8)17-11(16-10)7-1-3-9(14)4-2-7/h5-7,9H,1-4,14H2. The van der Waals surface area contributed by atoms with E-state index in [-0.39, 0.29) is 0 Å². The largest absolute Gasteiger partial charge is 0.422 e. The quantitative estimate of drug-likeness (QED) is 0.846. The first kappa shape index (κ1) is 11.0. The second-order valence-corrected chi connectivity index (χ2v) is 5.08. The van der Waals surface area contributed by atoms with Crippen LogP contribution in [0.1, 0.15) is 37.5 Å². The minimum atomic E-state index is 0.336. The number of hydrogen-bond acceptors (Lipinski definition) is 4. The minimum absolute atomic E-state index is 0.336. The van der Waals surface area contributed by atoms with Crippen molar-refractivity contribution in [3.05, 3.63) is 23.2 Å². The van der Waals surface area contributed by atoms with Crippen LogP contribution in [0.4, 0.5) is 0 Å². The molecule has 5 heteroatoms. The molecule has 2 aromatic rings. The predicted octanol–water partition coefficient (Wildman–Crippen LogP) is 2.86.